The smallest absolute Gasteiger partial charge is 0.252 e. The van der Waals surface area contributed by atoms with E-state index in [1.165, 1.54) is 6.92 Å². The fourth-order valence-corrected chi connectivity index (χ4v) is 1.14. The molecule has 0 spiro atoms. The van der Waals surface area contributed by atoms with Gasteiger partial charge in [0.1, 0.15) is 0 Å². The van der Waals surface area contributed by atoms with Crippen molar-refractivity contribution in [2.75, 3.05) is 26.7 Å². The zero-order valence-corrected chi connectivity index (χ0v) is 8.46. The zero-order valence-electron chi connectivity index (χ0n) is 8.46. The van der Waals surface area contributed by atoms with Crippen LogP contribution in [0.3, 0.4) is 0 Å². The number of carbonyl (C=O) groups excluding carboxylic acids is 2. The monoisotopic (exact) mass is 200 g/mol. The highest BCUT2D eigenvalue weighted by atomic mass is 16.2. The minimum atomic E-state index is -0.272. The quantitative estimate of drug-likeness (QED) is 0.463. The van der Waals surface area contributed by atoms with Crippen LogP contribution in [0, 0.1) is 0 Å². The van der Waals surface area contributed by atoms with Crippen LogP contribution in [0.1, 0.15) is 6.92 Å². The Hall–Kier alpha value is -1.14. The Morgan fingerprint density at radius 2 is 2.07 bits per heavy atom. The second kappa shape index (κ2) is 4.92. The van der Waals surface area contributed by atoms with Crippen LogP contribution in [0.4, 0.5) is 0 Å². The third-order valence-electron chi connectivity index (χ3n) is 2.15. The molecule has 1 aliphatic heterocycles. The SMILES string of the molecule is CC(=O)NNC(=O)CN(C)C1CNC1. The molecule has 14 heavy (non-hydrogen) atoms. The summed E-state index contributed by atoms with van der Waals surface area (Å²) in [4.78, 5) is 23.7. The highest BCUT2D eigenvalue weighted by molar-refractivity contribution is 5.81. The summed E-state index contributed by atoms with van der Waals surface area (Å²) in [6.07, 6.45) is 0. The number of carbonyl (C=O) groups is 2. The first-order valence-corrected chi connectivity index (χ1v) is 4.56. The van der Waals surface area contributed by atoms with Crippen molar-refractivity contribution < 1.29 is 9.59 Å². The van der Waals surface area contributed by atoms with Gasteiger partial charge in [0.15, 0.2) is 0 Å². The average molecular weight is 200 g/mol. The van der Waals surface area contributed by atoms with Gasteiger partial charge in [-0.2, -0.15) is 0 Å². The number of likely N-dealkylation sites (N-methyl/N-ethyl adjacent to an activating group) is 1. The first-order chi connectivity index (χ1) is 6.59. The third kappa shape index (κ3) is 3.31. The summed E-state index contributed by atoms with van der Waals surface area (Å²) in [7, 11) is 1.89. The largest absolute Gasteiger partial charge is 0.314 e. The molecule has 0 bridgehead atoms. The maximum Gasteiger partial charge on any atom is 0.252 e. The minimum Gasteiger partial charge on any atom is -0.314 e. The molecule has 0 radical (unpaired) electrons. The van der Waals surface area contributed by atoms with Crippen LogP contribution in [0.25, 0.3) is 0 Å². The average Bonchev–Trinajstić information content (AvgIpc) is 1.97. The molecule has 0 atom stereocenters. The Bertz CT molecular complexity index is 227. The molecule has 0 aromatic heterocycles. The van der Waals surface area contributed by atoms with E-state index in [2.05, 4.69) is 16.2 Å². The highest BCUT2D eigenvalue weighted by Crippen LogP contribution is 2.00. The maximum atomic E-state index is 11.2. The van der Waals surface area contributed by atoms with Crippen molar-refractivity contribution in [1.82, 2.24) is 21.1 Å². The third-order valence-corrected chi connectivity index (χ3v) is 2.15. The fraction of sp³-hybridized carbons (Fsp3) is 0.750. The lowest BCUT2D eigenvalue weighted by atomic mass is 10.1. The standard InChI is InChI=1S/C8H16N4O2/c1-6(13)10-11-8(14)5-12(2)7-3-9-4-7/h7,9H,3-5H2,1-2H3,(H,10,13)(H,11,14). The van der Waals surface area contributed by atoms with Gasteiger partial charge in [-0.3, -0.25) is 25.3 Å². The molecule has 1 rings (SSSR count). The summed E-state index contributed by atoms with van der Waals surface area (Å²) in [5, 5.41) is 3.12. The van der Waals surface area contributed by atoms with Gasteiger partial charge in [0.05, 0.1) is 6.54 Å². The van der Waals surface area contributed by atoms with E-state index in [0.717, 1.165) is 13.1 Å². The Morgan fingerprint density at radius 1 is 1.43 bits per heavy atom. The van der Waals surface area contributed by atoms with Crippen molar-refractivity contribution >= 4 is 11.8 Å². The van der Waals surface area contributed by atoms with Crippen molar-refractivity contribution in [1.29, 1.82) is 0 Å². The molecule has 6 nitrogen and oxygen atoms in total. The number of amides is 2. The van der Waals surface area contributed by atoms with Gasteiger partial charge < -0.3 is 5.32 Å². The molecule has 1 saturated heterocycles. The second-order valence-electron chi connectivity index (χ2n) is 3.46. The Kier molecular flexibility index (Phi) is 3.84. The lowest BCUT2D eigenvalue weighted by molar-refractivity contribution is -0.128. The second-order valence-corrected chi connectivity index (χ2v) is 3.46. The van der Waals surface area contributed by atoms with Crippen molar-refractivity contribution in [2.45, 2.75) is 13.0 Å². The van der Waals surface area contributed by atoms with E-state index in [1.807, 2.05) is 11.9 Å². The lowest BCUT2D eigenvalue weighted by Gasteiger charge is -2.35. The van der Waals surface area contributed by atoms with Gasteiger partial charge in [-0.05, 0) is 7.05 Å². The van der Waals surface area contributed by atoms with Crippen molar-refractivity contribution in [3.8, 4) is 0 Å². The van der Waals surface area contributed by atoms with Gasteiger partial charge in [0.2, 0.25) is 5.91 Å². The summed E-state index contributed by atoms with van der Waals surface area (Å²) in [6.45, 7) is 3.49. The first kappa shape index (κ1) is 10.9. The Balaban J connectivity index is 2.15. The molecule has 0 saturated carbocycles. The Morgan fingerprint density at radius 3 is 2.50 bits per heavy atom. The molecule has 0 aliphatic carbocycles. The van der Waals surface area contributed by atoms with Crippen LogP contribution in [0.5, 0.6) is 0 Å². The molecular weight excluding hydrogens is 184 g/mol. The van der Waals surface area contributed by atoms with E-state index in [9.17, 15) is 9.59 Å². The van der Waals surface area contributed by atoms with Gasteiger partial charge in [-0.1, -0.05) is 0 Å². The molecule has 0 aromatic carbocycles. The molecule has 0 aromatic rings. The number of rotatable bonds is 3. The van der Waals surface area contributed by atoms with Crippen molar-refractivity contribution in [3.63, 3.8) is 0 Å². The molecule has 80 valence electrons. The van der Waals surface area contributed by atoms with Crippen LogP contribution in [-0.4, -0.2) is 49.4 Å². The predicted molar refractivity (Wildman–Crippen MR) is 51.2 cm³/mol. The first-order valence-electron chi connectivity index (χ1n) is 4.56. The van der Waals surface area contributed by atoms with Gasteiger partial charge in [0, 0.05) is 26.1 Å². The number of nitrogens with one attached hydrogen (secondary N) is 3. The topological polar surface area (TPSA) is 73.5 Å². The zero-order chi connectivity index (χ0) is 10.6. The predicted octanol–water partition coefficient (Wildman–Crippen LogP) is -1.94. The number of hydrogen-bond acceptors (Lipinski definition) is 4. The minimum absolute atomic E-state index is 0.199. The molecule has 3 N–H and O–H groups in total. The lowest BCUT2D eigenvalue weighted by Crippen LogP contribution is -2.58. The van der Waals surface area contributed by atoms with E-state index in [0.29, 0.717) is 12.6 Å². The van der Waals surface area contributed by atoms with E-state index in [1.54, 1.807) is 0 Å². The van der Waals surface area contributed by atoms with Gasteiger partial charge >= 0.3 is 0 Å². The van der Waals surface area contributed by atoms with E-state index in [4.69, 9.17) is 0 Å². The normalized spacial score (nSPS) is 16.2. The Labute approximate surface area is 83.0 Å². The van der Waals surface area contributed by atoms with Gasteiger partial charge in [0.25, 0.3) is 5.91 Å². The maximum absolute atomic E-state index is 11.2. The van der Waals surface area contributed by atoms with Crippen LogP contribution in [0.2, 0.25) is 0 Å². The number of hydrogen-bond donors (Lipinski definition) is 3. The van der Waals surface area contributed by atoms with Gasteiger partial charge in [-0.15, -0.1) is 0 Å². The summed E-state index contributed by atoms with van der Waals surface area (Å²) < 4.78 is 0. The summed E-state index contributed by atoms with van der Waals surface area (Å²) >= 11 is 0. The van der Waals surface area contributed by atoms with Gasteiger partial charge in [-0.25, -0.2) is 0 Å². The summed E-state index contributed by atoms with van der Waals surface area (Å²) in [5.74, 6) is -0.471. The highest BCUT2D eigenvalue weighted by Gasteiger charge is 2.22. The molecule has 0 unspecified atom stereocenters. The van der Waals surface area contributed by atoms with E-state index >= 15 is 0 Å². The van der Waals surface area contributed by atoms with E-state index in [-0.39, 0.29) is 11.8 Å². The summed E-state index contributed by atoms with van der Waals surface area (Å²) in [5.41, 5.74) is 4.56. The summed E-state index contributed by atoms with van der Waals surface area (Å²) in [6, 6.07) is 0.429. The number of hydrazine groups is 1. The fourth-order valence-electron chi connectivity index (χ4n) is 1.14. The van der Waals surface area contributed by atoms with Crippen LogP contribution < -0.4 is 16.2 Å². The molecule has 1 fully saturated rings. The molecule has 6 heteroatoms. The van der Waals surface area contributed by atoms with Crippen LogP contribution in [0.15, 0.2) is 0 Å². The molecule has 2 amide bonds. The molecule has 1 aliphatic rings. The van der Waals surface area contributed by atoms with Crippen LogP contribution in [-0.2, 0) is 9.59 Å². The van der Waals surface area contributed by atoms with Crippen LogP contribution >= 0.6 is 0 Å². The van der Waals surface area contributed by atoms with Crippen molar-refractivity contribution in [3.05, 3.63) is 0 Å². The molecular formula is C8H16N4O2. The number of nitrogens with zero attached hydrogens (tertiary/aromatic N) is 1. The molecule has 1 heterocycles. The van der Waals surface area contributed by atoms with Crippen molar-refractivity contribution in [2.24, 2.45) is 0 Å². The van der Waals surface area contributed by atoms with E-state index < -0.39 is 0 Å².